The van der Waals surface area contributed by atoms with Gasteiger partial charge in [0.15, 0.2) is 0 Å². The SMILES string of the molecule is CC(C)OCc1ccc(C(=O)Nc2ccc(F)c([C@]3(C)CS(=O)(=O)N(C)C(N)=N3)c2)nc1. The van der Waals surface area contributed by atoms with E-state index >= 15 is 0 Å². The molecule has 1 aromatic heterocycles. The van der Waals surface area contributed by atoms with Crippen molar-refractivity contribution in [3.05, 3.63) is 59.2 Å². The number of nitrogens with two attached hydrogens (primary N) is 1. The van der Waals surface area contributed by atoms with E-state index in [9.17, 15) is 17.6 Å². The second-order valence-corrected chi connectivity index (χ2v) is 10.0. The first-order chi connectivity index (χ1) is 14.9. The molecule has 0 radical (unpaired) electrons. The Morgan fingerprint density at radius 1 is 1.34 bits per heavy atom. The summed E-state index contributed by atoms with van der Waals surface area (Å²) in [7, 11) is -2.49. The molecule has 0 fully saturated rings. The second-order valence-electron chi connectivity index (χ2n) is 8.03. The van der Waals surface area contributed by atoms with Gasteiger partial charge < -0.3 is 15.8 Å². The van der Waals surface area contributed by atoms with Crippen LogP contribution in [0.5, 0.6) is 0 Å². The lowest BCUT2D eigenvalue weighted by atomic mass is 9.93. The summed E-state index contributed by atoms with van der Waals surface area (Å²) < 4.78 is 45.8. The fourth-order valence-corrected chi connectivity index (χ4v) is 4.66. The van der Waals surface area contributed by atoms with Crippen molar-refractivity contribution < 1.29 is 22.3 Å². The number of sulfonamides is 1. The Morgan fingerprint density at radius 2 is 2.06 bits per heavy atom. The summed E-state index contributed by atoms with van der Waals surface area (Å²) in [5, 5.41) is 2.65. The summed E-state index contributed by atoms with van der Waals surface area (Å²) in [4.78, 5) is 20.9. The molecule has 0 saturated heterocycles. The van der Waals surface area contributed by atoms with Gasteiger partial charge in [0.1, 0.15) is 17.1 Å². The number of guanidine groups is 1. The number of benzene rings is 1. The third-order valence-electron chi connectivity index (χ3n) is 5.01. The number of carbonyl (C=O) groups excluding carboxylic acids is 1. The third kappa shape index (κ3) is 5.05. The zero-order chi connectivity index (χ0) is 23.7. The number of hydrogen-bond acceptors (Lipinski definition) is 7. The number of aliphatic imine (C=N–C) groups is 1. The van der Waals surface area contributed by atoms with Crippen LogP contribution in [0, 0.1) is 5.82 Å². The number of halogens is 1. The van der Waals surface area contributed by atoms with Crippen molar-refractivity contribution in [2.75, 3.05) is 18.1 Å². The monoisotopic (exact) mass is 463 g/mol. The predicted molar refractivity (Wildman–Crippen MR) is 119 cm³/mol. The number of nitrogens with zero attached hydrogens (tertiary/aromatic N) is 3. The van der Waals surface area contributed by atoms with E-state index in [-0.39, 0.29) is 29.0 Å². The van der Waals surface area contributed by atoms with Crippen LogP contribution in [0.15, 0.2) is 41.5 Å². The Kier molecular flexibility index (Phi) is 6.51. The van der Waals surface area contributed by atoms with Gasteiger partial charge in [-0.05, 0) is 50.6 Å². The molecule has 1 aromatic carbocycles. The van der Waals surface area contributed by atoms with Crippen LogP contribution < -0.4 is 11.1 Å². The van der Waals surface area contributed by atoms with Gasteiger partial charge in [0.2, 0.25) is 16.0 Å². The molecule has 0 bridgehead atoms. The van der Waals surface area contributed by atoms with Crippen LogP contribution in [0.2, 0.25) is 0 Å². The minimum atomic E-state index is -3.77. The van der Waals surface area contributed by atoms with Gasteiger partial charge in [0.25, 0.3) is 5.91 Å². The highest BCUT2D eigenvalue weighted by atomic mass is 32.2. The zero-order valence-corrected chi connectivity index (χ0v) is 19.1. The number of hydrogen-bond donors (Lipinski definition) is 2. The first kappa shape index (κ1) is 23.6. The lowest BCUT2D eigenvalue weighted by Gasteiger charge is -2.34. The largest absolute Gasteiger partial charge is 0.374 e. The van der Waals surface area contributed by atoms with Gasteiger partial charge in [-0.15, -0.1) is 0 Å². The van der Waals surface area contributed by atoms with Crippen LogP contribution in [0.4, 0.5) is 10.1 Å². The number of pyridine rings is 1. The lowest BCUT2D eigenvalue weighted by Crippen LogP contribution is -2.50. The Bertz CT molecular complexity index is 1150. The number of nitrogens with one attached hydrogen (secondary N) is 1. The predicted octanol–water partition coefficient (Wildman–Crippen LogP) is 2.20. The zero-order valence-electron chi connectivity index (χ0n) is 18.3. The summed E-state index contributed by atoms with van der Waals surface area (Å²) >= 11 is 0. The molecule has 2 aromatic rings. The maximum absolute atomic E-state index is 14.7. The van der Waals surface area contributed by atoms with Crippen molar-refractivity contribution in [3.63, 3.8) is 0 Å². The van der Waals surface area contributed by atoms with Gasteiger partial charge in [-0.2, -0.15) is 0 Å². The molecule has 2 heterocycles. The molecule has 1 amide bonds. The summed E-state index contributed by atoms with van der Waals surface area (Å²) in [6.07, 6.45) is 1.63. The van der Waals surface area contributed by atoms with E-state index in [2.05, 4.69) is 15.3 Å². The fraction of sp³-hybridized carbons (Fsp3) is 0.381. The fourth-order valence-electron chi connectivity index (χ4n) is 3.21. The highest BCUT2D eigenvalue weighted by Crippen LogP contribution is 2.34. The van der Waals surface area contributed by atoms with Gasteiger partial charge in [-0.25, -0.2) is 22.1 Å². The van der Waals surface area contributed by atoms with Crippen molar-refractivity contribution in [1.82, 2.24) is 9.29 Å². The normalized spacial score (nSPS) is 20.2. The quantitative estimate of drug-likeness (QED) is 0.676. The van der Waals surface area contributed by atoms with Crippen molar-refractivity contribution in [2.24, 2.45) is 10.7 Å². The number of rotatable bonds is 6. The molecule has 32 heavy (non-hydrogen) atoms. The molecule has 1 aliphatic rings. The first-order valence-electron chi connectivity index (χ1n) is 9.91. The molecule has 172 valence electrons. The molecular formula is C21H26FN5O4S. The van der Waals surface area contributed by atoms with Gasteiger partial charge in [0, 0.05) is 24.5 Å². The number of aromatic nitrogens is 1. The molecule has 1 atom stereocenters. The smallest absolute Gasteiger partial charge is 0.274 e. The van der Waals surface area contributed by atoms with Crippen molar-refractivity contribution in [3.8, 4) is 0 Å². The third-order valence-corrected chi connectivity index (χ3v) is 6.96. The van der Waals surface area contributed by atoms with Crippen LogP contribution in [-0.2, 0) is 26.9 Å². The summed E-state index contributed by atoms with van der Waals surface area (Å²) in [6, 6.07) is 7.18. The van der Waals surface area contributed by atoms with E-state index in [4.69, 9.17) is 10.5 Å². The number of carbonyl (C=O) groups is 1. The van der Waals surface area contributed by atoms with Crippen LogP contribution in [0.25, 0.3) is 0 Å². The Balaban J connectivity index is 1.83. The maximum Gasteiger partial charge on any atom is 0.274 e. The van der Waals surface area contributed by atoms with E-state index in [0.717, 1.165) is 15.9 Å². The van der Waals surface area contributed by atoms with E-state index in [1.807, 2.05) is 13.8 Å². The van der Waals surface area contributed by atoms with E-state index < -0.39 is 33.0 Å². The molecule has 9 nitrogen and oxygen atoms in total. The van der Waals surface area contributed by atoms with Crippen LogP contribution in [0.1, 0.15) is 42.4 Å². The van der Waals surface area contributed by atoms with E-state index in [1.54, 1.807) is 18.3 Å². The van der Waals surface area contributed by atoms with Crippen LogP contribution >= 0.6 is 0 Å². The van der Waals surface area contributed by atoms with Crippen LogP contribution in [0.3, 0.4) is 0 Å². The summed E-state index contributed by atoms with van der Waals surface area (Å²) in [5.74, 6) is -1.86. The van der Waals surface area contributed by atoms with Crippen molar-refractivity contribution in [2.45, 2.75) is 39.0 Å². The van der Waals surface area contributed by atoms with E-state index in [0.29, 0.717) is 6.61 Å². The minimum absolute atomic E-state index is 0.00377. The minimum Gasteiger partial charge on any atom is -0.374 e. The standard InChI is InChI=1S/C21H26FN5O4S/c1-13(2)31-11-14-5-8-18(24-10-14)19(28)25-15-6-7-17(22)16(9-15)21(3)12-32(29,30)27(4)20(23)26-21/h5-10,13H,11-12H2,1-4H3,(H2,23,26)(H,25,28)/t21-/m0/s1. The number of ether oxygens (including phenoxy) is 1. The van der Waals surface area contributed by atoms with Gasteiger partial charge >= 0.3 is 0 Å². The van der Waals surface area contributed by atoms with Crippen molar-refractivity contribution >= 4 is 27.6 Å². The molecule has 1 aliphatic heterocycles. The average Bonchev–Trinajstić information content (AvgIpc) is 2.71. The highest BCUT2D eigenvalue weighted by Gasteiger charge is 2.41. The Hall–Kier alpha value is -3.05. The summed E-state index contributed by atoms with van der Waals surface area (Å²) in [6.45, 7) is 5.71. The molecule has 0 spiro atoms. The second kappa shape index (κ2) is 8.83. The molecule has 11 heteroatoms. The Morgan fingerprint density at radius 3 is 2.66 bits per heavy atom. The Labute approximate surface area is 186 Å². The van der Waals surface area contributed by atoms with Crippen LogP contribution in [-0.4, -0.2) is 48.5 Å². The molecule has 3 N–H and O–H groups in total. The topological polar surface area (TPSA) is 127 Å². The number of anilines is 1. The molecule has 0 aliphatic carbocycles. The maximum atomic E-state index is 14.7. The number of amides is 1. The van der Waals surface area contributed by atoms with Crippen molar-refractivity contribution in [1.29, 1.82) is 0 Å². The summed E-state index contributed by atoms with van der Waals surface area (Å²) in [5.41, 5.74) is 5.57. The molecule has 3 rings (SSSR count). The first-order valence-corrected chi connectivity index (χ1v) is 11.5. The lowest BCUT2D eigenvalue weighted by molar-refractivity contribution is 0.0655. The van der Waals surface area contributed by atoms with E-state index in [1.165, 1.54) is 26.1 Å². The molecule has 0 unspecified atom stereocenters. The van der Waals surface area contributed by atoms with Gasteiger partial charge in [0.05, 0.1) is 18.5 Å². The molecular weight excluding hydrogens is 437 g/mol. The molecule has 0 saturated carbocycles. The van der Waals surface area contributed by atoms with Gasteiger partial charge in [-0.3, -0.25) is 9.78 Å². The average molecular weight is 464 g/mol. The van der Waals surface area contributed by atoms with Gasteiger partial charge in [-0.1, -0.05) is 6.07 Å². The highest BCUT2D eigenvalue weighted by molar-refractivity contribution is 7.89.